The highest BCUT2D eigenvalue weighted by molar-refractivity contribution is 7.89. The lowest BCUT2D eigenvalue weighted by Crippen LogP contribution is -2.24. The summed E-state index contributed by atoms with van der Waals surface area (Å²) >= 11 is 0. The molecule has 3 rings (SSSR count). The maximum absolute atomic E-state index is 12.8. The zero-order valence-corrected chi connectivity index (χ0v) is 16.2. The molecule has 3 aromatic rings. The summed E-state index contributed by atoms with van der Waals surface area (Å²) in [6.45, 7) is 3.84. The number of ether oxygens (including phenoxy) is 1. The number of benzene rings is 2. The van der Waals surface area contributed by atoms with Crippen LogP contribution in [-0.2, 0) is 23.0 Å². The van der Waals surface area contributed by atoms with Gasteiger partial charge in [0, 0.05) is 18.5 Å². The third kappa shape index (κ3) is 4.35. The molecule has 0 amide bonds. The van der Waals surface area contributed by atoms with E-state index in [4.69, 9.17) is 9.26 Å². The third-order valence-electron chi connectivity index (χ3n) is 4.13. The van der Waals surface area contributed by atoms with Crippen molar-refractivity contribution >= 4 is 10.0 Å². The number of hydrogen-bond acceptors (Lipinski definition) is 6. The van der Waals surface area contributed by atoms with Gasteiger partial charge in [0.25, 0.3) is 0 Å². The molecular formula is C19H21N3O4S. The van der Waals surface area contributed by atoms with Gasteiger partial charge >= 0.3 is 0 Å². The SMILES string of the molecule is CCc1nc(-c2ccc(C)c(S(=O)(=O)NCc3ccc(OC)cc3)c2)no1. The van der Waals surface area contributed by atoms with Gasteiger partial charge in [-0.15, -0.1) is 0 Å². The van der Waals surface area contributed by atoms with Gasteiger partial charge in [-0.1, -0.05) is 36.3 Å². The number of nitrogens with one attached hydrogen (secondary N) is 1. The first-order chi connectivity index (χ1) is 12.9. The summed E-state index contributed by atoms with van der Waals surface area (Å²) in [5, 5.41) is 3.91. The third-order valence-corrected chi connectivity index (χ3v) is 5.68. The Hall–Kier alpha value is -2.71. The molecule has 27 heavy (non-hydrogen) atoms. The quantitative estimate of drug-likeness (QED) is 0.669. The zero-order valence-electron chi connectivity index (χ0n) is 15.4. The first kappa shape index (κ1) is 19.1. The van der Waals surface area contributed by atoms with Gasteiger partial charge in [-0.2, -0.15) is 4.98 Å². The van der Waals surface area contributed by atoms with Crippen molar-refractivity contribution in [1.29, 1.82) is 0 Å². The van der Waals surface area contributed by atoms with Crippen LogP contribution in [0.25, 0.3) is 11.4 Å². The van der Waals surface area contributed by atoms with Crippen molar-refractivity contribution in [3.63, 3.8) is 0 Å². The van der Waals surface area contributed by atoms with Gasteiger partial charge < -0.3 is 9.26 Å². The van der Waals surface area contributed by atoms with Crippen LogP contribution in [0.5, 0.6) is 5.75 Å². The van der Waals surface area contributed by atoms with E-state index in [0.29, 0.717) is 29.3 Å². The molecule has 0 radical (unpaired) electrons. The fourth-order valence-corrected chi connectivity index (χ4v) is 3.83. The molecule has 0 unspecified atom stereocenters. The maximum atomic E-state index is 12.8. The molecule has 1 N–H and O–H groups in total. The van der Waals surface area contributed by atoms with E-state index in [9.17, 15) is 8.42 Å². The Morgan fingerprint density at radius 1 is 1.15 bits per heavy atom. The fraction of sp³-hybridized carbons (Fsp3) is 0.263. The zero-order chi connectivity index (χ0) is 19.4. The van der Waals surface area contributed by atoms with Crippen LogP contribution in [0.2, 0.25) is 0 Å². The summed E-state index contributed by atoms with van der Waals surface area (Å²) in [5.41, 5.74) is 2.06. The Labute approximate surface area is 158 Å². The summed E-state index contributed by atoms with van der Waals surface area (Å²) < 4.78 is 38.4. The minimum atomic E-state index is -3.70. The van der Waals surface area contributed by atoms with Gasteiger partial charge in [0.15, 0.2) is 0 Å². The Bertz CT molecular complexity index is 1030. The van der Waals surface area contributed by atoms with Gasteiger partial charge in [-0.3, -0.25) is 0 Å². The van der Waals surface area contributed by atoms with Gasteiger partial charge in [0.1, 0.15) is 5.75 Å². The normalized spacial score (nSPS) is 11.5. The van der Waals surface area contributed by atoms with Gasteiger partial charge in [0.05, 0.1) is 12.0 Å². The molecule has 0 fully saturated rings. The topological polar surface area (TPSA) is 94.3 Å². The molecule has 142 valence electrons. The molecule has 0 saturated heterocycles. The number of methoxy groups -OCH3 is 1. The second-order valence-electron chi connectivity index (χ2n) is 6.02. The summed E-state index contributed by atoms with van der Waals surface area (Å²) in [5.74, 6) is 1.60. The molecule has 0 saturated carbocycles. The summed E-state index contributed by atoms with van der Waals surface area (Å²) in [6.07, 6.45) is 0.618. The lowest BCUT2D eigenvalue weighted by atomic mass is 10.1. The van der Waals surface area contributed by atoms with E-state index >= 15 is 0 Å². The van der Waals surface area contributed by atoms with Crippen LogP contribution in [0.3, 0.4) is 0 Å². The Balaban J connectivity index is 1.83. The van der Waals surface area contributed by atoms with E-state index in [1.54, 1.807) is 44.4 Å². The molecule has 1 heterocycles. The molecule has 2 aromatic carbocycles. The molecule has 7 nitrogen and oxygen atoms in total. The highest BCUT2D eigenvalue weighted by Crippen LogP contribution is 2.23. The smallest absolute Gasteiger partial charge is 0.241 e. The predicted octanol–water partition coefficient (Wildman–Crippen LogP) is 3.09. The van der Waals surface area contributed by atoms with E-state index < -0.39 is 10.0 Å². The van der Waals surface area contributed by atoms with Crippen molar-refractivity contribution < 1.29 is 17.7 Å². The second kappa shape index (κ2) is 7.89. The minimum Gasteiger partial charge on any atom is -0.497 e. The first-order valence-electron chi connectivity index (χ1n) is 8.49. The van der Waals surface area contributed by atoms with Crippen LogP contribution in [0, 0.1) is 6.92 Å². The number of sulfonamides is 1. The van der Waals surface area contributed by atoms with Crippen molar-refractivity contribution in [3.05, 3.63) is 59.5 Å². The van der Waals surface area contributed by atoms with Crippen LogP contribution in [-0.4, -0.2) is 25.7 Å². The molecule has 0 bridgehead atoms. The summed E-state index contributed by atoms with van der Waals surface area (Å²) in [4.78, 5) is 4.45. The number of hydrogen-bond donors (Lipinski definition) is 1. The summed E-state index contributed by atoms with van der Waals surface area (Å²) in [6, 6.07) is 12.3. The lowest BCUT2D eigenvalue weighted by molar-refractivity contribution is 0.383. The van der Waals surface area contributed by atoms with Crippen molar-refractivity contribution in [2.45, 2.75) is 31.7 Å². The van der Waals surface area contributed by atoms with Crippen molar-refractivity contribution in [1.82, 2.24) is 14.9 Å². The van der Waals surface area contributed by atoms with E-state index in [1.807, 2.05) is 19.1 Å². The predicted molar refractivity (Wildman–Crippen MR) is 101 cm³/mol. The second-order valence-corrected chi connectivity index (χ2v) is 7.75. The van der Waals surface area contributed by atoms with E-state index in [1.165, 1.54) is 0 Å². The maximum Gasteiger partial charge on any atom is 0.241 e. The number of rotatable bonds is 7. The fourth-order valence-electron chi connectivity index (χ4n) is 2.54. The van der Waals surface area contributed by atoms with Gasteiger partial charge in [-0.05, 0) is 36.2 Å². The monoisotopic (exact) mass is 387 g/mol. The van der Waals surface area contributed by atoms with Gasteiger partial charge in [-0.25, -0.2) is 13.1 Å². The summed E-state index contributed by atoms with van der Waals surface area (Å²) in [7, 11) is -2.12. The molecular weight excluding hydrogens is 366 g/mol. The number of aryl methyl sites for hydroxylation is 2. The van der Waals surface area contributed by atoms with Crippen molar-refractivity contribution in [3.8, 4) is 17.1 Å². The molecule has 0 aliphatic carbocycles. The average molecular weight is 387 g/mol. The van der Waals surface area contributed by atoms with E-state index in [-0.39, 0.29) is 11.4 Å². The Morgan fingerprint density at radius 2 is 1.89 bits per heavy atom. The van der Waals surface area contributed by atoms with Crippen LogP contribution in [0.15, 0.2) is 51.9 Å². The lowest BCUT2D eigenvalue weighted by Gasteiger charge is -2.11. The largest absolute Gasteiger partial charge is 0.497 e. The van der Waals surface area contributed by atoms with Gasteiger partial charge in [0.2, 0.25) is 21.7 Å². The Kier molecular flexibility index (Phi) is 5.57. The van der Waals surface area contributed by atoms with E-state index in [2.05, 4.69) is 14.9 Å². The Morgan fingerprint density at radius 3 is 2.52 bits per heavy atom. The molecule has 8 heteroatoms. The molecule has 0 atom stereocenters. The van der Waals surface area contributed by atoms with Crippen molar-refractivity contribution in [2.24, 2.45) is 0 Å². The number of nitrogens with zero attached hydrogens (tertiary/aromatic N) is 2. The van der Waals surface area contributed by atoms with E-state index in [0.717, 1.165) is 11.3 Å². The van der Waals surface area contributed by atoms with Crippen LogP contribution < -0.4 is 9.46 Å². The molecule has 0 spiro atoms. The van der Waals surface area contributed by atoms with Crippen LogP contribution in [0.1, 0.15) is 23.9 Å². The van der Waals surface area contributed by atoms with Crippen LogP contribution >= 0.6 is 0 Å². The molecule has 0 aliphatic rings. The highest BCUT2D eigenvalue weighted by atomic mass is 32.2. The standard InChI is InChI=1S/C19H21N3O4S/c1-4-18-21-19(22-26-18)15-8-5-13(2)17(11-15)27(23,24)20-12-14-6-9-16(25-3)10-7-14/h5-11,20H,4,12H2,1-3H3. The van der Waals surface area contributed by atoms with Crippen molar-refractivity contribution in [2.75, 3.05) is 7.11 Å². The molecule has 1 aromatic heterocycles. The van der Waals surface area contributed by atoms with Crippen LogP contribution in [0.4, 0.5) is 0 Å². The molecule has 0 aliphatic heterocycles. The highest BCUT2D eigenvalue weighted by Gasteiger charge is 2.19. The average Bonchev–Trinajstić information content (AvgIpc) is 3.16. The first-order valence-corrected chi connectivity index (χ1v) is 9.97. The number of aromatic nitrogens is 2. The minimum absolute atomic E-state index is 0.179.